The normalized spacial score (nSPS) is 19.5. The first-order valence-corrected chi connectivity index (χ1v) is 9.94. The molecule has 1 unspecified atom stereocenters. The summed E-state index contributed by atoms with van der Waals surface area (Å²) in [6.07, 6.45) is 5.05. The van der Waals surface area contributed by atoms with Crippen molar-refractivity contribution in [2.24, 2.45) is 11.7 Å². The second kappa shape index (κ2) is 7.51. The van der Waals surface area contributed by atoms with Gasteiger partial charge in [-0.25, -0.2) is 12.4 Å². The number of piperidine rings is 1. The Kier molecular flexibility index (Phi) is 5.38. The molecule has 5 nitrogen and oxygen atoms in total. The number of nitrogens with zero attached hydrogens (tertiary/aromatic N) is 2. The summed E-state index contributed by atoms with van der Waals surface area (Å²) in [4.78, 5) is 2.66. The highest BCUT2D eigenvalue weighted by Crippen LogP contribution is 2.22. The minimum absolute atomic E-state index is 0.321. The molecule has 1 fully saturated rings. The molecule has 0 bridgehead atoms. The Hall–Kier alpha value is -1.63. The standard InChI is InChI=1S/C18H25N3O2S/c19-11-10-16-6-4-12-20(14-16)15-17-7-5-13-21(17)24(22,23)18-8-2-1-3-9-18/h1-3,5,7-9,13,16H,4,6,10-12,14-15,19H2. The van der Waals surface area contributed by atoms with E-state index in [9.17, 15) is 8.42 Å². The summed E-state index contributed by atoms with van der Waals surface area (Å²) in [5, 5.41) is 0. The zero-order chi connectivity index (χ0) is 17.0. The second-order valence-corrected chi connectivity index (χ2v) is 8.25. The van der Waals surface area contributed by atoms with Crippen LogP contribution < -0.4 is 5.73 Å². The molecule has 0 spiro atoms. The van der Waals surface area contributed by atoms with E-state index < -0.39 is 10.0 Å². The molecule has 2 aromatic rings. The van der Waals surface area contributed by atoms with Crippen LogP contribution in [-0.4, -0.2) is 36.9 Å². The van der Waals surface area contributed by atoms with Crippen LogP contribution in [0.5, 0.6) is 0 Å². The number of likely N-dealkylation sites (tertiary alicyclic amines) is 1. The molecular weight excluding hydrogens is 322 g/mol. The van der Waals surface area contributed by atoms with Gasteiger partial charge in [0.05, 0.1) is 4.90 Å². The zero-order valence-electron chi connectivity index (χ0n) is 13.8. The van der Waals surface area contributed by atoms with Gasteiger partial charge in [-0.1, -0.05) is 18.2 Å². The lowest BCUT2D eigenvalue weighted by Crippen LogP contribution is -2.36. The van der Waals surface area contributed by atoms with Gasteiger partial charge >= 0.3 is 0 Å². The van der Waals surface area contributed by atoms with Crippen molar-refractivity contribution in [2.75, 3.05) is 19.6 Å². The molecule has 6 heteroatoms. The topological polar surface area (TPSA) is 68.3 Å². The lowest BCUT2D eigenvalue weighted by atomic mass is 9.95. The van der Waals surface area contributed by atoms with Crippen LogP contribution in [0.15, 0.2) is 53.6 Å². The molecule has 2 heterocycles. The maximum absolute atomic E-state index is 12.9. The minimum atomic E-state index is -3.53. The van der Waals surface area contributed by atoms with Gasteiger partial charge in [0.15, 0.2) is 0 Å². The van der Waals surface area contributed by atoms with E-state index in [0.717, 1.165) is 38.2 Å². The van der Waals surface area contributed by atoms with Crippen LogP contribution in [0.1, 0.15) is 25.0 Å². The number of benzene rings is 1. The first kappa shape index (κ1) is 17.2. The van der Waals surface area contributed by atoms with Crippen LogP contribution in [-0.2, 0) is 16.6 Å². The fourth-order valence-corrected chi connectivity index (χ4v) is 4.85. The van der Waals surface area contributed by atoms with E-state index in [1.807, 2.05) is 12.1 Å². The van der Waals surface area contributed by atoms with Gasteiger partial charge in [-0.3, -0.25) is 4.90 Å². The summed E-state index contributed by atoms with van der Waals surface area (Å²) in [5.41, 5.74) is 6.50. The van der Waals surface area contributed by atoms with E-state index in [-0.39, 0.29) is 0 Å². The first-order valence-electron chi connectivity index (χ1n) is 8.50. The van der Waals surface area contributed by atoms with Crippen LogP contribution in [0.4, 0.5) is 0 Å². The van der Waals surface area contributed by atoms with Crippen LogP contribution in [0.2, 0.25) is 0 Å². The molecular formula is C18H25N3O2S. The van der Waals surface area contributed by atoms with Crippen molar-refractivity contribution in [2.45, 2.75) is 30.7 Å². The Bertz CT molecular complexity index is 754. The number of aromatic nitrogens is 1. The van der Waals surface area contributed by atoms with Gasteiger partial charge in [-0.05, 0) is 62.5 Å². The van der Waals surface area contributed by atoms with Gasteiger partial charge in [0.25, 0.3) is 10.0 Å². The van der Waals surface area contributed by atoms with Crippen molar-refractivity contribution in [3.63, 3.8) is 0 Å². The SMILES string of the molecule is NCCC1CCCN(Cc2cccn2S(=O)(=O)c2ccccc2)C1. The van der Waals surface area contributed by atoms with Gasteiger partial charge in [-0.15, -0.1) is 0 Å². The molecule has 3 rings (SSSR count). The van der Waals surface area contributed by atoms with Crippen molar-refractivity contribution < 1.29 is 8.42 Å². The minimum Gasteiger partial charge on any atom is -0.330 e. The number of rotatable bonds is 6. The molecule has 24 heavy (non-hydrogen) atoms. The lowest BCUT2D eigenvalue weighted by molar-refractivity contribution is 0.161. The molecule has 2 N–H and O–H groups in total. The van der Waals surface area contributed by atoms with E-state index in [4.69, 9.17) is 5.73 Å². The summed E-state index contributed by atoms with van der Waals surface area (Å²) in [6, 6.07) is 12.3. The molecule has 1 aliphatic heterocycles. The summed E-state index contributed by atoms with van der Waals surface area (Å²) in [7, 11) is -3.53. The lowest BCUT2D eigenvalue weighted by Gasteiger charge is -2.32. The first-order chi connectivity index (χ1) is 11.6. The third kappa shape index (κ3) is 3.71. The Morgan fingerprint density at radius 1 is 1.12 bits per heavy atom. The predicted molar refractivity (Wildman–Crippen MR) is 95.1 cm³/mol. The van der Waals surface area contributed by atoms with E-state index >= 15 is 0 Å². The molecule has 0 aliphatic carbocycles. The van der Waals surface area contributed by atoms with Gasteiger partial charge in [0.1, 0.15) is 0 Å². The zero-order valence-corrected chi connectivity index (χ0v) is 14.7. The maximum Gasteiger partial charge on any atom is 0.267 e. The molecule has 1 atom stereocenters. The molecule has 1 saturated heterocycles. The molecule has 1 aliphatic rings. The van der Waals surface area contributed by atoms with E-state index in [1.54, 1.807) is 36.5 Å². The van der Waals surface area contributed by atoms with Gasteiger partial charge in [-0.2, -0.15) is 0 Å². The van der Waals surface area contributed by atoms with Gasteiger partial charge < -0.3 is 5.73 Å². The monoisotopic (exact) mass is 347 g/mol. The van der Waals surface area contributed by atoms with Crippen LogP contribution in [0.3, 0.4) is 0 Å². The predicted octanol–water partition coefficient (Wildman–Crippen LogP) is 2.29. The fraction of sp³-hybridized carbons (Fsp3) is 0.444. The average Bonchev–Trinajstić information content (AvgIpc) is 3.05. The molecule has 0 radical (unpaired) electrons. The third-order valence-electron chi connectivity index (χ3n) is 4.66. The number of nitrogens with two attached hydrogens (primary N) is 1. The van der Waals surface area contributed by atoms with Gasteiger partial charge in [0.2, 0.25) is 0 Å². The highest BCUT2D eigenvalue weighted by Gasteiger charge is 2.23. The molecule has 1 aromatic carbocycles. The van der Waals surface area contributed by atoms with Crippen LogP contribution in [0, 0.1) is 5.92 Å². The summed E-state index contributed by atoms with van der Waals surface area (Å²) < 4.78 is 27.1. The van der Waals surface area contributed by atoms with Crippen molar-refractivity contribution in [3.8, 4) is 0 Å². The molecule has 1 aromatic heterocycles. The fourth-order valence-electron chi connectivity index (χ4n) is 3.46. The Morgan fingerprint density at radius 3 is 2.67 bits per heavy atom. The van der Waals surface area contributed by atoms with Crippen LogP contribution in [0.25, 0.3) is 0 Å². The highest BCUT2D eigenvalue weighted by atomic mass is 32.2. The van der Waals surface area contributed by atoms with E-state index in [0.29, 0.717) is 17.4 Å². The Morgan fingerprint density at radius 2 is 1.92 bits per heavy atom. The maximum atomic E-state index is 12.9. The summed E-state index contributed by atoms with van der Waals surface area (Å²) in [5.74, 6) is 0.623. The average molecular weight is 347 g/mol. The Balaban J connectivity index is 1.79. The smallest absolute Gasteiger partial charge is 0.267 e. The summed E-state index contributed by atoms with van der Waals surface area (Å²) in [6.45, 7) is 3.38. The largest absolute Gasteiger partial charge is 0.330 e. The van der Waals surface area contributed by atoms with Crippen molar-refractivity contribution in [1.82, 2.24) is 8.87 Å². The quantitative estimate of drug-likeness (QED) is 0.870. The van der Waals surface area contributed by atoms with Crippen molar-refractivity contribution in [1.29, 1.82) is 0 Å². The van der Waals surface area contributed by atoms with Crippen LogP contribution >= 0.6 is 0 Å². The summed E-state index contributed by atoms with van der Waals surface area (Å²) >= 11 is 0. The van der Waals surface area contributed by atoms with E-state index in [1.165, 1.54) is 10.4 Å². The number of hydrogen-bond acceptors (Lipinski definition) is 4. The second-order valence-electron chi connectivity index (χ2n) is 6.43. The van der Waals surface area contributed by atoms with E-state index in [2.05, 4.69) is 4.90 Å². The van der Waals surface area contributed by atoms with Crippen molar-refractivity contribution >= 4 is 10.0 Å². The highest BCUT2D eigenvalue weighted by molar-refractivity contribution is 7.90. The number of hydrogen-bond donors (Lipinski definition) is 1. The third-order valence-corrected chi connectivity index (χ3v) is 6.40. The molecule has 0 saturated carbocycles. The van der Waals surface area contributed by atoms with Gasteiger partial charge in [0, 0.05) is 25.0 Å². The Labute approximate surface area is 144 Å². The van der Waals surface area contributed by atoms with Crippen molar-refractivity contribution in [3.05, 3.63) is 54.4 Å². The molecule has 130 valence electrons. The molecule has 0 amide bonds.